The van der Waals surface area contributed by atoms with E-state index in [1.807, 2.05) is 32.1 Å². The fraction of sp³-hybridized carbons (Fsp3) is 0.467. The summed E-state index contributed by atoms with van der Waals surface area (Å²) in [4.78, 5) is 27.0. The first-order valence-electron chi connectivity index (χ1n) is 13.7. The van der Waals surface area contributed by atoms with Gasteiger partial charge in [0, 0.05) is 43.4 Å². The average molecular weight is 535 g/mol. The molecule has 0 fully saturated rings. The standard InChI is InChI=1S/C30H42N6O3/c1-23(31-3)11-12-24(2)39-21-20-36(19-15-28(30(37)38)34-27-10-7-16-32-22-27)18-5-4-9-26-14-13-25-8-6-17-33-29(25)35-26/h7,10-14,16,22,28,34H,3-6,8-9,15,17-21H2,1-2H3,(H,33,35)(H,37,38)/b23-11-,24-12+/t28-/m0/s1. The molecule has 2 aromatic heterocycles. The molecule has 3 heterocycles. The Morgan fingerprint density at radius 3 is 2.90 bits per heavy atom. The number of hydrogen-bond donors (Lipinski definition) is 3. The summed E-state index contributed by atoms with van der Waals surface area (Å²) < 4.78 is 5.90. The average Bonchev–Trinajstić information content (AvgIpc) is 2.95. The zero-order chi connectivity index (χ0) is 27.9. The first-order chi connectivity index (χ1) is 18.9. The van der Waals surface area contributed by atoms with E-state index in [0.29, 0.717) is 31.8 Å². The maximum absolute atomic E-state index is 11.9. The van der Waals surface area contributed by atoms with Crippen LogP contribution in [-0.2, 0) is 22.4 Å². The lowest BCUT2D eigenvalue weighted by molar-refractivity contribution is -0.138. The van der Waals surface area contributed by atoms with Crippen molar-refractivity contribution < 1.29 is 14.6 Å². The molecule has 0 spiro atoms. The molecule has 3 rings (SSSR count). The van der Waals surface area contributed by atoms with Gasteiger partial charge in [0.05, 0.1) is 11.4 Å². The van der Waals surface area contributed by atoms with Crippen molar-refractivity contribution in [1.82, 2.24) is 14.9 Å². The molecular formula is C30H42N6O3. The van der Waals surface area contributed by atoms with Gasteiger partial charge in [-0.3, -0.25) is 14.9 Å². The maximum atomic E-state index is 11.9. The number of allylic oxidation sites excluding steroid dienone is 4. The number of carbonyl (C=O) groups is 1. The number of rotatable bonds is 17. The fourth-order valence-corrected chi connectivity index (χ4v) is 4.38. The van der Waals surface area contributed by atoms with Crippen LogP contribution in [0.15, 0.2) is 65.3 Å². The van der Waals surface area contributed by atoms with Crippen molar-refractivity contribution in [3.8, 4) is 0 Å². The smallest absolute Gasteiger partial charge is 0.326 e. The molecule has 0 amide bonds. The number of nitrogens with one attached hydrogen (secondary N) is 2. The van der Waals surface area contributed by atoms with Crippen LogP contribution in [0.4, 0.5) is 11.5 Å². The van der Waals surface area contributed by atoms with Crippen LogP contribution in [0, 0.1) is 0 Å². The molecule has 0 aliphatic carbocycles. The summed E-state index contributed by atoms with van der Waals surface area (Å²) >= 11 is 0. The highest BCUT2D eigenvalue weighted by Crippen LogP contribution is 2.20. The second-order valence-corrected chi connectivity index (χ2v) is 9.80. The minimum Gasteiger partial charge on any atom is -0.497 e. The molecule has 0 saturated carbocycles. The molecule has 1 aliphatic rings. The number of fused-ring (bicyclic) bond motifs is 1. The van der Waals surface area contributed by atoms with E-state index in [9.17, 15) is 9.90 Å². The van der Waals surface area contributed by atoms with Gasteiger partial charge in [0.15, 0.2) is 0 Å². The lowest BCUT2D eigenvalue weighted by Crippen LogP contribution is -2.36. The zero-order valence-corrected chi connectivity index (χ0v) is 23.2. The van der Waals surface area contributed by atoms with Crippen molar-refractivity contribution >= 4 is 24.2 Å². The third-order valence-electron chi connectivity index (χ3n) is 6.69. The van der Waals surface area contributed by atoms with Gasteiger partial charge in [-0.15, -0.1) is 0 Å². The number of unbranched alkanes of at least 4 members (excludes halogenated alkanes) is 1. The third-order valence-corrected chi connectivity index (χ3v) is 6.69. The van der Waals surface area contributed by atoms with E-state index in [2.05, 4.69) is 44.4 Å². The van der Waals surface area contributed by atoms with E-state index in [0.717, 1.165) is 68.2 Å². The zero-order valence-electron chi connectivity index (χ0n) is 23.2. The van der Waals surface area contributed by atoms with Crippen LogP contribution < -0.4 is 10.6 Å². The highest BCUT2D eigenvalue weighted by molar-refractivity contribution is 5.77. The van der Waals surface area contributed by atoms with E-state index in [1.54, 1.807) is 18.5 Å². The first kappa shape index (κ1) is 29.8. The molecule has 0 saturated heterocycles. The fourth-order valence-electron chi connectivity index (χ4n) is 4.38. The van der Waals surface area contributed by atoms with Gasteiger partial charge < -0.3 is 20.5 Å². The highest BCUT2D eigenvalue weighted by Gasteiger charge is 2.19. The summed E-state index contributed by atoms with van der Waals surface area (Å²) in [7, 11) is 0. The third kappa shape index (κ3) is 10.9. The van der Waals surface area contributed by atoms with Crippen molar-refractivity contribution in [3.63, 3.8) is 0 Å². The van der Waals surface area contributed by atoms with Gasteiger partial charge in [0.2, 0.25) is 0 Å². The normalized spacial score (nSPS) is 14.3. The monoisotopic (exact) mass is 534 g/mol. The van der Waals surface area contributed by atoms with Gasteiger partial charge >= 0.3 is 5.97 Å². The predicted octanol–water partition coefficient (Wildman–Crippen LogP) is 4.94. The minimum absolute atomic E-state index is 0.462. The predicted molar refractivity (Wildman–Crippen MR) is 157 cm³/mol. The van der Waals surface area contributed by atoms with Gasteiger partial charge in [-0.25, -0.2) is 9.78 Å². The molecule has 39 heavy (non-hydrogen) atoms. The first-order valence-corrected chi connectivity index (χ1v) is 13.7. The second kappa shape index (κ2) is 16.3. The van der Waals surface area contributed by atoms with E-state index in [-0.39, 0.29) is 0 Å². The quantitative estimate of drug-likeness (QED) is 0.113. The van der Waals surface area contributed by atoms with Crippen LogP contribution in [-0.4, -0.2) is 71.5 Å². The Morgan fingerprint density at radius 1 is 1.26 bits per heavy atom. The number of aliphatic imine (C=N–C) groups is 1. The molecule has 2 aromatic rings. The van der Waals surface area contributed by atoms with Gasteiger partial charge in [0.1, 0.15) is 18.5 Å². The van der Waals surface area contributed by atoms with Crippen LogP contribution in [0.2, 0.25) is 0 Å². The number of carboxylic acids is 1. The molecule has 1 atom stereocenters. The Hall–Kier alpha value is -3.72. The molecule has 0 unspecified atom stereocenters. The van der Waals surface area contributed by atoms with E-state index < -0.39 is 12.0 Å². The molecule has 0 radical (unpaired) electrons. The van der Waals surface area contributed by atoms with Gasteiger partial charge in [-0.2, -0.15) is 0 Å². The molecule has 3 N–H and O–H groups in total. The largest absolute Gasteiger partial charge is 0.497 e. The Balaban J connectivity index is 1.53. The lowest BCUT2D eigenvalue weighted by atomic mass is 10.1. The minimum atomic E-state index is -0.876. The highest BCUT2D eigenvalue weighted by atomic mass is 16.5. The summed E-state index contributed by atoms with van der Waals surface area (Å²) in [5, 5.41) is 16.3. The Morgan fingerprint density at radius 2 is 2.13 bits per heavy atom. The second-order valence-electron chi connectivity index (χ2n) is 9.80. The molecule has 1 aliphatic heterocycles. The molecule has 210 valence electrons. The maximum Gasteiger partial charge on any atom is 0.326 e. The summed E-state index contributed by atoms with van der Waals surface area (Å²) in [6.45, 7) is 11.0. The SMILES string of the molecule is C=N/C(C)=C\C=C(/C)OCCN(CCCCc1ccc2c(n1)NCCC2)CC[C@H](Nc1cccnc1)C(=O)O. The Kier molecular flexibility index (Phi) is 12.5. The van der Waals surface area contributed by atoms with Crippen molar-refractivity contribution in [2.45, 2.75) is 58.4 Å². The van der Waals surface area contributed by atoms with Gasteiger partial charge in [0.25, 0.3) is 0 Å². The number of anilines is 2. The van der Waals surface area contributed by atoms with Crippen molar-refractivity contribution in [2.24, 2.45) is 4.99 Å². The van der Waals surface area contributed by atoms with Crippen molar-refractivity contribution in [3.05, 3.63) is 71.5 Å². The van der Waals surface area contributed by atoms with Gasteiger partial charge in [-0.05, 0) is 102 Å². The number of carboxylic acid groups (broad SMARTS) is 1. The Bertz CT molecular complexity index is 1120. The summed E-state index contributed by atoms with van der Waals surface area (Å²) in [5.74, 6) is 0.960. The lowest BCUT2D eigenvalue weighted by Gasteiger charge is -2.25. The topological polar surface area (TPSA) is 112 Å². The molecular weight excluding hydrogens is 492 g/mol. The Labute approximate surface area is 232 Å². The van der Waals surface area contributed by atoms with Gasteiger partial charge in [-0.1, -0.05) is 6.07 Å². The van der Waals surface area contributed by atoms with E-state index in [1.165, 1.54) is 5.56 Å². The number of aryl methyl sites for hydroxylation is 2. The van der Waals surface area contributed by atoms with Crippen LogP contribution in [0.3, 0.4) is 0 Å². The van der Waals surface area contributed by atoms with Crippen molar-refractivity contribution in [2.75, 3.05) is 43.4 Å². The van der Waals surface area contributed by atoms with E-state index >= 15 is 0 Å². The summed E-state index contributed by atoms with van der Waals surface area (Å²) in [6, 6.07) is 7.26. The van der Waals surface area contributed by atoms with Crippen molar-refractivity contribution in [1.29, 1.82) is 0 Å². The molecule has 9 heteroatoms. The van der Waals surface area contributed by atoms with Crippen LogP contribution in [0.5, 0.6) is 0 Å². The summed E-state index contributed by atoms with van der Waals surface area (Å²) in [5.41, 5.74) is 3.94. The number of aromatic nitrogens is 2. The summed E-state index contributed by atoms with van der Waals surface area (Å²) in [6.07, 6.45) is 12.7. The van der Waals surface area contributed by atoms with Crippen LogP contribution in [0.1, 0.15) is 50.8 Å². The number of hydrogen-bond acceptors (Lipinski definition) is 8. The van der Waals surface area contributed by atoms with E-state index in [4.69, 9.17) is 9.72 Å². The number of nitrogens with zero attached hydrogens (tertiary/aromatic N) is 4. The molecule has 0 bridgehead atoms. The van der Waals surface area contributed by atoms with Crippen LogP contribution >= 0.6 is 0 Å². The van der Waals surface area contributed by atoms with Crippen LogP contribution in [0.25, 0.3) is 0 Å². The number of aliphatic carboxylic acids is 1. The molecule has 9 nitrogen and oxygen atoms in total. The molecule has 0 aromatic carbocycles. The number of pyridine rings is 2. The number of ether oxygens (including phenoxy) is 1.